The highest BCUT2D eigenvalue weighted by molar-refractivity contribution is 7.99. The molecule has 3 aromatic rings. The Bertz CT molecular complexity index is 1030. The lowest BCUT2D eigenvalue weighted by molar-refractivity contribution is -0.113. The summed E-state index contributed by atoms with van der Waals surface area (Å²) < 4.78 is 5.75. The minimum Gasteiger partial charge on any atom is -0.411 e. The SMILES string of the molecule is CCN(CC)c1ccc(-c2nnc(SCC(=O)Nc3ccc(N4CCCCC4)cc3)o2)cc1. The average molecular weight is 466 g/mol. The third-order valence-electron chi connectivity index (χ3n) is 5.85. The number of amides is 1. The summed E-state index contributed by atoms with van der Waals surface area (Å²) in [6.45, 7) is 8.41. The molecular formula is C25H31N5O2S. The summed E-state index contributed by atoms with van der Waals surface area (Å²) in [6, 6.07) is 16.1. The number of benzene rings is 2. The molecule has 2 heterocycles. The molecule has 1 aromatic heterocycles. The van der Waals surface area contributed by atoms with Gasteiger partial charge >= 0.3 is 0 Å². The van der Waals surface area contributed by atoms with Crippen LogP contribution in [0.3, 0.4) is 0 Å². The molecule has 1 aliphatic heterocycles. The first-order valence-corrected chi connectivity index (χ1v) is 12.6. The van der Waals surface area contributed by atoms with Gasteiger partial charge in [-0.2, -0.15) is 0 Å². The fraction of sp³-hybridized carbons (Fsp3) is 0.400. The maximum Gasteiger partial charge on any atom is 0.277 e. The lowest BCUT2D eigenvalue weighted by atomic mass is 10.1. The van der Waals surface area contributed by atoms with E-state index in [1.807, 2.05) is 24.3 Å². The van der Waals surface area contributed by atoms with Crippen molar-refractivity contribution in [2.75, 3.05) is 47.0 Å². The highest BCUT2D eigenvalue weighted by atomic mass is 32.2. The number of carbonyl (C=O) groups is 1. The van der Waals surface area contributed by atoms with E-state index in [0.29, 0.717) is 11.1 Å². The van der Waals surface area contributed by atoms with Crippen LogP contribution in [0.2, 0.25) is 0 Å². The van der Waals surface area contributed by atoms with Gasteiger partial charge in [0.1, 0.15) is 0 Å². The summed E-state index contributed by atoms with van der Waals surface area (Å²) >= 11 is 1.24. The van der Waals surface area contributed by atoms with Crippen molar-refractivity contribution in [3.8, 4) is 11.5 Å². The highest BCUT2D eigenvalue weighted by Gasteiger charge is 2.13. The molecule has 4 rings (SSSR count). The van der Waals surface area contributed by atoms with Gasteiger partial charge in [-0.15, -0.1) is 10.2 Å². The number of nitrogens with zero attached hydrogens (tertiary/aromatic N) is 4. The Balaban J connectivity index is 1.28. The molecule has 174 valence electrons. The van der Waals surface area contributed by atoms with E-state index in [2.05, 4.69) is 63.4 Å². The van der Waals surface area contributed by atoms with Crippen LogP contribution in [-0.4, -0.2) is 48.0 Å². The van der Waals surface area contributed by atoms with E-state index in [-0.39, 0.29) is 11.7 Å². The summed E-state index contributed by atoms with van der Waals surface area (Å²) in [5.41, 5.74) is 4.04. The summed E-state index contributed by atoms with van der Waals surface area (Å²) in [5, 5.41) is 11.5. The van der Waals surface area contributed by atoms with Crippen molar-refractivity contribution in [1.82, 2.24) is 10.2 Å². The van der Waals surface area contributed by atoms with Crippen LogP contribution >= 0.6 is 11.8 Å². The molecular weight excluding hydrogens is 434 g/mol. The Morgan fingerprint density at radius 1 is 1.00 bits per heavy atom. The zero-order chi connectivity index (χ0) is 23.0. The van der Waals surface area contributed by atoms with E-state index < -0.39 is 0 Å². The van der Waals surface area contributed by atoms with E-state index >= 15 is 0 Å². The quantitative estimate of drug-likeness (QED) is 0.430. The summed E-state index contributed by atoms with van der Waals surface area (Å²) in [6.07, 6.45) is 3.80. The maximum absolute atomic E-state index is 12.4. The Morgan fingerprint density at radius 3 is 2.36 bits per heavy atom. The van der Waals surface area contributed by atoms with Gasteiger partial charge in [0.05, 0.1) is 5.75 Å². The molecule has 0 spiro atoms. The molecule has 33 heavy (non-hydrogen) atoms. The number of piperidine rings is 1. The lowest BCUT2D eigenvalue weighted by Gasteiger charge is -2.28. The van der Waals surface area contributed by atoms with Gasteiger partial charge in [0.15, 0.2) is 0 Å². The minimum absolute atomic E-state index is 0.103. The third kappa shape index (κ3) is 6.07. The second-order valence-electron chi connectivity index (χ2n) is 8.02. The maximum atomic E-state index is 12.4. The zero-order valence-corrected chi connectivity index (χ0v) is 20.1. The molecule has 1 amide bonds. The summed E-state index contributed by atoms with van der Waals surface area (Å²) in [4.78, 5) is 17.0. The van der Waals surface area contributed by atoms with Gasteiger partial charge in [-0.3, -0.25) is 4.79 Å². The van der Waals surface area contributed by atoms with Crippen LogP contribution in [0.15, 0.2) is 58.2 Å². The number of rotatable bonds is 9. The topological polar surface area (TPSA) is 74.5 Å². The van der Waals surface area contributed by atoms with Crippen molar-refractivity contribution < 1.29 is 9.21 Å². The normalized spacial score (nSPS) is 13.7. The molecule has 0 unspecified atom stereocenters. The van der Waals surface area contributed by atoms with Gasteiger partial charge in [-0.25, -0.2) is 0 Å². The lowest BCUT2D eigenvalue weighted by Crippen LogP contribution is -2.29. The molecule has 1 aliphatic rings. The number of nitrogens with one attached hydrogen (secondary N) is 1. The molecule has 7 nitrogen and oxygen atoms in total. The van der Waals surface area contributed by atoms with Crippen LogP contribution in [0.4, 0.5) is 17.1 Å². The first-order chi connectivity index (χ1) is 16.2. The van der Waals surface area contributed by atoms with Crippen LogP contribution in [0.25, 0.3) is 11.5 Å². The van der Waals surface area contributed by atoms with Crippen LogP contribution in [-0.2, 0) is 4.79 Å². The molecule has 1 N–H and O–H groups in total. The Morgan fingerprint density at radius 2 is 1.70 bits per heavy atom. The zero-order valence-electron chi connectivity index (χ0n) is 19.3. The van der Waals surface area contributed by atoms with Gasteiger partial charge in [0.25, 0.3) is 5.22 Å². The predicted octanol–water partition coefficient (Wildman–Crippen LogP) is 5.30. The second kappa shape index (κ2) is 11.2. The number of hydrogen-bond acceptors (Lipinski definition) is 7. The number of anilines is 3. The van der Waals surface area contributed by atoms with Crippen molar-refractivity contribution in [2.24, 2.45) is 0 Å². The molecule has 2 aromatic carbocycles. The van der Waals surface area contributed by atoms with Crippen LogP contribution in [0.1, 0.15) is 33.1 Å². The van der Waals surface area contributed by atoms with Crippen molar-refractivity contribution in [1.29, 1.82) is 0 Å². The Hall–Kier alpha value is -3.00. The number of aromatic nitrogens is 2. The fourth-order valence-electron chi connectivity index (χ4n) is 4.02. The van der Waals surface area contributed by atoms with Gasteiger partial charge in [-0.05, 0) is 81.6 Å². The Kier molecular flexibility index (Phi) is 7.88. The van der Waals surface area contributed by atoms with Crippen molar-refractivity contribution >= 4 is 34.7 Å². The molecule has 0 radical (unpaired) electrons. The summed E-state index contributed by atoms with van der Waals surface area (Å²) in [5.74, 6) is 0.558. The molecule has 0 bridgehead atoms. The number of thioether (sulfide) groups is 1. The van der Waals surface area contributed by atoms with Crippen molar-refractivity contribution in [3.63, 3.8) is 0 Å². The number of hydrogen-bond donors (Lipinski definition) is 1. The van der Waals surface area contributed by atoms with Crippen LogP contribution in [0, 0.1) is 0 Å². The van der Waals surface area contributed by atoms with E-state index in [1.54, 1.807) is 0 Å². The Labute approximate surface area is 199 Å². The highest BCUT2D eigenvalue weighted by Crippen LogP contribution is 2.26. The standard InChI is InChI=1S/C25H31N5O2S/c1-3-29(4-2)21-12-8-19(9-13-21)24-27-28-25(32-24)33-18-23(31)26-20-10-14-22(15-11-20)30-16-6-5-7-17-30/h8-15H,3-7,16-18H2,1-2H3,(H,26,31). The third-order valence-corrected chi connectivity index (χ3v) is 6.67. The number of carbonyl (C=O) groups excluding carboxylic acids is 1. The van der Waals surface area contributed by atoms with Crippen molar-refractivity contribution in [2.45, 2.75) is 38.3 Å². The average Bonchev–Trinajstić information content (AvgIpc) is 3.34. The fourth-order valence-corrected chi connectivity index (χ4v) is 4.58. The molecule has 1 saturated heterocycles. The van der Waals surface area contributed by atoms with Gasteiger partial charge in [-0.1, -0.05) is 11.8 Å². The predicted molar refractivity (Wildman–Crippen MR) is 135 cm³/mol. The van der Waals surface area contributed by atoms with Crippen LogP contribution in [0.5, 0.6) is 0 Å². The smallest absolute Gasteiger partial charge is 0.277 e. The first kappa shape index (κ1) is 23.2. The molecule has 8 heteroatoms. The largest absolute Gasteiger partial charge is 0.411 e. The second-order valence-corrected chi connectivity index (χ2v) is 8.95. The molecule has 0 aliphatic carbocycles. The monoisotopic (exact) mass is 465 g/mol. The van der Waals surface area contributed by atoms with Gasteiger partial charge < -0.3 is 19.5 Å². The molecule has 1 fully saturated rings. The van der Waals surface area contributed by atoms with E-state index in [1.165, 1.54) is 42.4 Å². The minimum atomic E-state index is -0.103. The van der Waals surface area contributed by atoms with Crippen molar-refractivity contribution in [3.05, 3.63) is 48.5 Å². The van der Waals surface area contributed by atoms with E-state index in [9.17, 15) is 4.79 Å². The molecule has 0 atom stereocenters. The first-order valence-electron chi connectivity index (χ1n) is 11.6. The van der Waals surface area contributed by atoms with Crippen LogP contribution < -0.4 is 15.1 Å². The van der Waals surface area contributed by atoms with E-state index in [4.69, 9.17) is 4.42 Å². The van der Waals surface area contributed by atoms with Gasteiger partial charge in [0, 0.05) is 48.8 Å². The summed E-state index contributed by atoms with van der Waals surface area (Å²) in [7, 11) is 0. The molecule has 0 saturated carbocycles. The van der Waals surface area contributed by atoms with E-state index in [0.717, 1.165) is 37.4 Å². The van der Waals surface area contributed by atoms with Gasteiger partial charge in [0.2, 0.25) is 11.8 Å².